The van der Waals surface area contributed by atoms with E-state index >= 15 is 0 Å². The minimum absolute atomic E-state index is 0.0169. The Kier molecular flexibility index (Phi) is 18.7. The molecule has 7 rings (SSSR count). The fraction of sp³-hybridized carbons (Fsp3) is 0.340. The number of imide groups is 1. The number of hydrogen-bond donors (Lipinski definition) is 6. The molecule has 0 bridgehead atoms. The second-order valence-corrected chi connectivity index (χ2v) is 18.5. The number of fused-ring (bicyclic) bond motifs is 1. The van der Waals surface area contributed by atoms with Crippen LogP contribution < -0.4 is 27.0 Å². The number of ether oxygens (including phenoxy) is 1. The zero-order chi connectivity index (χ0) is 54.3. The largest absolute Gasteiger partial charge is 0.445 e. The second-order valence-electron chi connectivity index (χ2n) is 18.5. The van der Waals surface area contributed by atoms with Gasteiger partial charge in [0.25, 0.3) is 11.8 Å². The zero-order valence-corrected chi connectivity index (χ0v) is 42.2. The first-order valence-corrected chi connectivity index (χ1v) is 24.8. The molecule has 2 atom stereocenters. The molecule has 0 radical (unpaired) electrons. The molecule has 0 aliphatic carbocycles. The van der Waals surface area contributed by atoms with Crippen LogP contribution in [0.2, 0.25) is 0 Å². The fourth-order valence-electron chi connectivity index (χ4n) is 8.29. The SMILES string of the molecule is Cc1cccc(-c2[nH]c(CN(CCc3ccc(F)cc3F)C(=O)OCc3ccc(NC(=O)[C@H](CCCNC(N)=O)NC(=O)C(NC(=O)CCCCCN4C(=O)C=CC4=O)C(C)C)cc3)nc2-c2ccc3ncnn3c2)n1. The number of halogens is 2. The Morgan fingerprint density at radius 2 is 1.66 bits per heavy atom. The Morgan fingerprint density at radius 1 is 0.882 bits per heavy atom. The van der Waals surface area contributed by atoms with Crippen molar-refractivity contribution < 1.29 is 47.1 Å². The van der Waals surface area contributed by atoms with Crippen molar-refractivity contribution in [3.63, 3.8) is 0 Å². The van der Waals surface area contributed by atoms with Crippen LogP contribution in [0.15, 0.2) is 97.5 Å². The number of amides is 8. The number of nitrogens with two attached hydrogens (primary N) is 1. The summed E-state index contributed by atoms with van der Waals surface area (Å²) in [7, 11) is 0. The van der Waals surface area contributed by atoms with Crippen LogP contribution in [0.5, 0.6) is 0 Å². The van der Waals surface area contributed by atoms with Crippen LogP contribution in [0.25, 0.3) is 28.3 Å². The minimum atomic E-state index is -1.10. The van der Waals surface area contributed by atoms with Crippen LogP contribution in [0.4, 0.5) is 24.1 Å². The molecule has 0 saturated heterocycles. The summed E-state index contributed by atoms with van der Waals surface area (Å²) in [4.78, 5) is 109. The monoisotopic (exact) mass is 1040 g/mol. The second kappa shape index (κ2) is 25.9. The number of anilines is 1. The fourth-order valence-corrected chi connectivity index (χ4v) is 8.29. The summed E-state index contributed by atoms with van der Waals surface area (Å²) in [6.45, 7) is 5.37. The highest BCUT2D eigenvalue weighted by atomic mass is 19.1. The number of aryl methyl sites for hydroxylation is 1. The smallest absolute Gasteiger partial charge is 0.410 e. The number of hydrogen-bond acceptors (Lipinski definition) is 12. The molecule has 23 heteroatoms. The number of nitrogens with zero attached hydrogens (tertiary/aromatic N) is 7. The maximum absolute atomic E-state index is 14.9. The quantitative estimate of drug-likeness (QED) is 0.0300. The number of carbonyl (C=O) groups excluding carboxylic acids is 7. The van der Waals surface area contributed by atoms with Gasteiger partial charge in [0.05, 0.1) is 23.6 Å². The highest BCUT2D eigenvalue weighted by Crippen LogP contribution is 2.30. The van der Waals surface area contributed by atoms with Gasteiger partial charge in [0, 0.05) is 67.4 Å². The molecular weight excluding hydrogens is 985 g/mol. The number of pyridine rings is 2. The molecule has 1 aliphatic heterocycles. The van der Waals surface area contributed by atoms with Gasteiger partial charge >= 0.3 is 12.1 Å². The van der Waals surface area contributed by atoms with Gasteiger partial charge in [0.1, 0.15) is 42.5 Å². The average molecular weight is 1040 g/mol. The summed E-state index contributed by atoms with van der Waals surface area (Å²) < 4.78 is 36.1. The summed E-state index contributed by atoms with van der Waals surface area (Å²) >= 11 is 0. The van der Waals surface area contributed by atoms with Crippen LogP contribution in [0.1, 0.15) is 75.0 Å². The summed E-state index contributed by atoms with van der Waals surface area (Å²) in [6, 6.07) is 16.0. The van der Waals surface area contributed by atoms with Crippen molar-refractivity contribution in [3.8, 4) is 22.6 Å². The van der Waals surface area contributed by atoms with Crippen LogP contribution >= 0.6 is 0 Å². The predicted molar refractivity (Wildman–Crippen MR) is 274 cm³/mol. The number of imidazole rings is 1. The zero-order valence-electron chi connectivity index (χ0n) is 42.2. The van der Waals surface area contributed by atoms with E-state index in [1.165, 1.54) is 29.4 Å². The molecule has 1 aliphatic rings. The van der Waals surface area contributed by atoms with E-state index in [-0.39, 0.29) is 87.7 Å². The normalized spacial score (nSPS) is 12.9. The molecule has 0 fully saturated rings. The van der Waals surface area contributed by atoms with Gasteiger partial charge in [-0.1, -0.05) is 44.5 Å². The number of rotatable bonds is 25. The number of aromatic nitrogens is 6. The summed E-state index contributed by atoms with van der Waals surface area (Å²) in [6.07, 6.45) is 6.86. The Hall–Kier alpha value is -8.89. The van der Waals surface area contributed by atoms with Crippen molar-refractivity contribution in [3.05, 3.63) is 132 Å². The lowest BCUT2D eigenvalue weighted by Crippen LogP contribution is -2.54. The van der Waals surface area contributed by atoms with Gasteiger partial charge in [-0.15, -0.1) is 0 Å². The number of nitrogens with one attached hydrogen (secondary N) is 5. The van der Waals surface area contributed by atoms with Crippen molar-refractivity contribution in [2.24, 2.45) is 11.7 Å². The van der Waals surface area contributed by atoms with Gasteiger partial charge in [0.2, 0.25) is 17.7 Å². The van der Waals surface area contributed by atoms with E-state index in [0.717, 1.165) is 22.7 Å². The van der Waals surface area contributed by atoms with Crippen LogP contribution in [0, 0.1) is 24.5 Å². The molecule has 2 aromatic carbocycles. The minimum Gasteiger partial charge on any atom is -0.445 e. The molecule has 5 heterocycles. The van der Waals surface area contributed by atoms with Crippen molar-refractivity contribution in [1.29, 1.82) is 0 Å². The molecular formula is C53H59F2N13O8. The number of aromatic amines is 1. The Balaban J connectivity index is 0.994. The van der Waals surface area contributed by atoms with Gasteiger partial charge < -0.3 is 41.6 Å². The van der Waals surface area contributed by atoms with Crippen LogP contribution in [0.3, 0.4) is 0 Å². The molecule has 21 nitrogen and oxygen atoms in total. The van der Waals surface area contributed by atoms with E-state index in [4.69, 9.17) is 20.4 Å². The van der Waals surface area contributed by atoms with Gasteiger partial charge in [-0.3, -0.25) is 33.9 Å². The van der Waals surface area contributed by atoms with E-state index < -0.39 is 47.7 Å². The molecule has 398 valence electrons. The summed E-state index contributed by atoms with van der Waals surface area (Å²) in [5.41, 5.74) is 10.1. The third-order valence-electron chi connectivity index (χ3n) is 12.3. The number of benzene rings is 2. The van der Waals surface area contributed by atoms with Gasteiger partial charge in [-0.2, -0.15) is 5.10 Å². The number of urea groups is 1. The van der Waals surface area contributed by atoms with Crippen molar-refractivity contribution in [2.75, 3.05) is 25.0 Å². The number of carbonyl (C=O) groups is 7. The third-order valence-corrected chi connectivity index (χ3v) is 12.3. The van der Waals surface area contributed by atoms with Crippen molar-refractivity contribution in [2.45, 2.75) is 91.0 Å². The number of H-pyrrole nitrogens is 1. The molecule has 8 amide bonds. The molecule has 6 aromatic rings. The Morgan fingerprint density at radius 3 is 2.38 bits per heavy atom. The van der Waals surface area contributed by atoms with E-state index in [1.54, 1.807) is 54.9 Å². The maximum atomic E-state index is 14.9. The van der Waals surface area contributed by atoms with Crippen molar-refractivity contribution >= 4 is 53.0 Å². The predicted octanol–water partition coefficient (Wildman–Crippen LogP) is 5.65. The lowest BCUT2D eigenvalue weighted by Gasteiger charge is -2.25. The molecule has 76 heavy (non-hydrogen) atoms. The third kappa shape index (κ3) is 15.1. The number of unbranched alkanes of at least 4 members (excludes halogenated alkanes) is 2. The molecule has 1 unspecified atom stereocenters. The molecule has 0 saturated carbocycles. The van der Waals surface area contributed by atoms with Gasteiger partial charge in [-0.05, 0) is 98.5 Å². The number of primary amides is 1. The van der Waals surface area contributed by atoms with Gasteiger partial charge in [0.15, 0.2) is 5.65 Å². The van der Waals surface area contributed by atoms with E-state index in [1.807, 2.05) is 31.2 Å². The topological polar surface area (TPSA) is 281 Å². The first kappa shape index (κ1) is 54.9. The maximum Gasteiger partial charge on any atom is 0.410 e. The summed E-state index contributed by atoms with van der Waals surface area (Å²) in [5, 5.41) is 15.0. The molecule has 0 spiro atoms. The van der Waals surface area contributed by atoms with Crippen molar-refractivity contribution in [1.82, 2.24) is 55.3 Å². The lowest BCUT2D eigenvalue weighted by atomic mass is 10.0. The van der Waals surface area contributed by atoms with Crippen LogP contribution in [-0.2, 0) is 48.3 Å². The summed E-state index contributed by atoms with van der Waals surface area (Å²) in [5.74, 6) is -3.81. The van der Waals surface area contributed by atoms with Crippen LogP contribution in [-0.4, -0.2) is 113 Å². The average Bonchev–Trinajstić information content (AvgIpc) is 4.13. The highest BCUT2D eigenvalue weighted by Gasteiger charge is 2.30. The standard InChI is InChI=1S/C53H59F2N13O8/c1-32(2)47(65-44(69)12-5-4-6-25-67-45(70)21-22-46(67)71)51(73)62-41(11-8-24-57-52(56)74)50(72)61-38-18-13-34(14-19-38)30-76-53(75)66(26-23-35-15-17-37(54)27-39(35)55)29-42-63-48(36-16-20-43-58-31-59-68(43)28-36)49(64-42)40-10-7-9-33(3)60-40/h7,9-10,13-22,27-28,31-32,41,47H,4-6,8,11-12,23-26,29-30H2,1-3H3,(H,61,72)(H,62,73)(H,63,64)(H,65,69)(H3,56,57,74)/t41-,47?/m0/s1. The lowest BCUT2D eigenvalue weighted by molar-refractivity contribution is -0.137. The van der Waals surface area contributed by atoms with E-state index in [9.17, 15) is 42.3 Å². The first-order valence-electron chi connectivity index (χ1n) is 24.8. The Bertz CT molecular complexity index is 3090. The highest BCUT2D eigenvalue weighted by molar-refractivity contribution is 6.12. The first-order chi connectivity index (χ1) is 36.5. The van der Waals surface area contributed by atoms with Gasteiger partial charge in [-0.25, -0.2) is 32.9 Å². The Labute approximate surface area is 436 Å². The van der Waals surface area contributed by atoms with E-state index in [0.29, 0.717) is 64.6 Å². The molecule has 7 N–H and O–H groups in total. The molecule has 4 aromatic heterocycles. The van der Waals surface area contributed by atoms with E-state index in [2.05, 4.69) is 36.3 Å².